The molecule has 194 valence electrons. The van der Waals surface area contributed by atoms with E-state index in [-0.39, 0.29) is 36.1 Å². The number of carbonyl (C=O) groups excluding carboxylic acids is 1. The zero-order chi connectivity index (χ0) is 25.1. The van der Waals surface area contributed by atoms with E-state index in [4.69, 9.17) is 9.15 Å². The second kappa shape index (κ2) is 11.1. The summed E-state index contributed by atoms with van der Waals surface area (Å²) in [5, 5.41) is 13.6. The molecule has 2 N–H and O–H groups in total. The molecule has 2 aromatic rings. The fraction of sp³-hybridized carbons (Fsp3) is 0.577. The van der Waals surface area contributed by atoms with E-state index >= 15 is 0 Å². The minimum atomic E-state index is -0.476. The number of ether oxygens (including phenoxy) is 1. The Morgan fingerprint density at radius 1 is 1.31 bits per heavy atom. The van der Waals surface area contributed by atoms with Crippen LogP contribution in [0.5, 0.6) is 0 Å². The number of aromatic nitrogens is 2. The van der Waals surface area contributed by atoms with Gasteiger partial charge in [0.25, 0.3) is 5.56 Å². The number of amides is 1. The first-order valence-corrected chi connectivity index (χ1v) is 12.8. The number of carbonyl (C=O) groups is 1. The lowest BCUT2D eigenvalue weighted by molar-refractivity contribution is -0.127. The Balaban J connectivity index is 1.39. The third-order valence-electron chi connectivity index (χ3n) is 7.73. The van der Waals surface area contributed by atoms with Crippen molar-refractivity contribution in [2.24, 2.45) is 11.8 Å². The zero-order valence-electron chi connectivity index (χ0n) is 20.7. The molecule has 0 aromatic carbocycles. The molecule has 2 bridgehead atoms. The molecule has 0 saturated carbocycles. The van der Waals surface area contributed by atoms with Crippen LogP contribution in [0, 0.1) is 11.8 Å². The van der Waals surface area contributed by atoms with Crippen molar-refractivity contribution in [1.82, 2.24) is 24.7 Å². The van der Waals surface area contributed by atoms with E-state index in [1.165, 1.54) is 6.39 Å². The van der Waals surface area contributed by atoms with Crippen molar-refractivity contribution in [1.29, 1.82) is 0 Å². The summed E-state index contributed by atoms with van der Waals surface area (Å²) in [6.45, 7) is 7.48. The predicted molar refractivity (Wildman–Crippen MR) is 133 cm³/mol. The van der Waals surface area contributed by atoms with Crippen molar-refractivity contribution < 1.29 is 19.1 Å². The van der Waals surface area contributed by atoms with Gasteiger partial charge in [0.2, 0.25) is 5.91 Å². The molecule has 0 radical (unpaired) electrons. The predicted octanol–water partition coefficient (Wildman–Crippen LogP) is 0.872. The number of pyridine rings is 1. The van der Waals surface area contributed by atoms with Gasteiger partial charge in [-0.3, -0.25) is 19.4 Å². The Morgan fingerprint density at radius 3 is 2.86 bits per heavy atom. The Kier molecular flexibility index (Phi) is 7.66. The first kappa shape index (κ1) is 24.9. The number of oxazole rings is 1. The summed E-state index contributed by atoms with van der Waals surface area (Å²) in [5.74, 6) is -0.853. The molecule has 5 rings (SSSR count). The van der Waals surface area contributed by atoms with E-state index in [2.05, 4.69) is 20.1 Å². The van der Waals surface area contributed by atoms with Gasteiger partial charge in [0.05, 0.1) is 30.9 Å². The fourth-order valence-electron chi connectivity index (χ4n) is 6.02. The molecular formula is C26H35N5O5. The molecular weight excluding hydrogens is 462 g/mol. The molecule has 0 unspecified atom stereocenters. The van der Waals surface area contributed by atoms with E-state index < -0.39 is 5.92 Å². The SMILES string of the molecule is C/C=C/c1ccc2n(c1=O)C[C@@H]1[C@@H](CO)[C@H](C(=O)NCCCN3CCOCC3)[C@H]2N1Cc1cocn1. The summed E-state index contributed by atoms with van der Waals surface area (Å²) in [4.78, 5) is 35.7. The zero-order valence-corrected chi connectivity index (χ0v) is 20.7. The number of nitrogens with one attached hydrogen (secondary N) is 1. The van der Waals surface area contributed by atoms with Crippen molar-refractivity contribution in [2.45, 2.75) is 38.5 Å². The van der Waals surface area contributed by atoms with Gasteiger partial charge in [0, 0.05) is 62.5 Å². The smallest absolute Gasteiger partial charge is 0.258 e. The van der Waals surface area contributed by atoms with Crippen LogP contribution < -0.4 is 10.9 Å². The Bertz CT molecular complexity index is 1120. The van der Waals surface area contributed by atoms with Gasteiger partial charge in [-0.15, -0.1) is 0 Å². The summed E-state index contributed by atoms with van der Waals surface area (Å²) in [7, 11) is 0. The summed E-state index contributed by atoms with van der Waals surface area (Å²) in [6.07, 6.45) is 7.50. The quantitative estimate of drug-likeness (QED) is 0.491. The van der Waals surface area contributed by atoms with Crippen LogP contribution in [0.1, 0.15) is 36.3 Å². The average Bonchev–Trinajstić information content (AvgIpc) is 3.48. The number of fused-ring (bicyclic) bond motifs is 4. The number of nitrogens with zero attached hydrogens (tertiary/aromatic N) is 4. The van der Waals surface area contributed by atoms with Gasteiger partial charge in [-0.1, -0.05) is 12.2 Å². The summed E-state index contributed by atoms with van der Waals surface area (Å²) in [6, 6.07) is 3.26. The number of aliphatic hydroxyl groups excluding tert-OH is 1. The van der Waals surface area contributed by atoms with Crippen LogP contribution in [0.15, 0.2) is 40.1 Å². The van der Waals surface area contributed by atoms with Gasteiger partial charge >= 0.3 is 0 Å². The number of rotatable bonds is 9. The van der Waals surface area contributed by atoms with Crippen molar-refractivity contribution in [3.63, 3.8) is 0 Å². The Morgan fingerprint density at radius 2 is 2.14 bits per heavy atom. The first-order chi connectivity index (χ1) is 17.6. The lowest BCUT2D eigenvalue weighted by Crippen LogP contribution is -2.46. The highest BCUT2D eigenvalue weighted by molar-refractivity contribution is 5.80. The summed E-state index contributed by atoms with van der Waals surface area (Å²) in [5.41, 5.74) is 2.12. The maximum atomic E-state index is 13.6. The maximum Gasteiger partial charge on any atom is 0.258 e. The maximum absolute atomic E-state index is 13.6. The van der Waals surface area contributed by atoms with Crippen LogP contribution in [-0.4, -0.2) is 82.4 Å². The highest BCUT2D eigenvalue weighted by atomic mass is 16.5. The molecule has 10 heteroatoms. The van der Waals surface area contributed by atoms with Crippen LogP contribution in [0.3, 0.4) is 0 Å². The van der Waals surface area contributed by atoms with E-state index in [0.29, 0.717) is 25.2 Å². The second-order valence-electron chi connectivity index (χ2n) is 9.76. The van der Waals surface area contributed by atoms with Gasteiger partial charge < -0.3 is 24.1 Å². The van der Waals surface area contributed by atoms with Gasteiger partial charge in [0.15, 0.2) is 6.39 Å². The normalized spacial score (nSPS) is 26.4. The number of hydrogen-bond donors (Lipinski definition) is 2. The molecule has 3 aliphatic rings. The number of allylic oxidation sites excluding steroid dienone is 1. The van der Waals surface area contributed by atoms with Gasteiger partial charge in [-0.05, 0) is 32.0 Å². The monoisotopic (exact) mass is 497 g/mol. The molecule has 3 aliphatic heterocycles. The second-order valence-corrected chi connectivity index (χ2v) is 9.76. The largest absolute Gasteiger partial charge is 0.451 e. The number of morpholine rings is 1. The van der Waals surface area contributed by atoms with Crippen molar-refractivity contribution >= 4 is 12.0 Å². The molecule has 2 saturated heterocycles. The topological polar surface area (TPSA) is 113 Å². The standard InChI is InChI=1S/C26H35N5O5/c1-2-4-18-5-6-21-24-23(25(33)27-7-3-8-29-9-11-35-12-10-29)20(15-32)22(14-31(21)26(18)34)30(24)13-19-16-36-17-28-19/h2,4-6,16-17,20,22-24,32H,3,7-15H2,1H3,(H,27,33)/b4-2+/t20-,22-,23+,24+/m1/s1. The van der Waals surface area contributed by atoms with Crippen molar-refractivity contribution in [2.75, 3.05) is 46.0 Å². The number of hydrogen-bond acceptors (Lipinski definition) is 8. The average molecular weight is 498 g/mol. The van der Waals surface area contributed by atoms with Crippen LogP contribution >= 0.6 is 0 Å². The van der Waals surface area contributed by atoms with Crippen LogP contribution in [-0.2, 0) is 22.6 Å². The number of aliphatic hydroxyl groups is 1. The highest BCUT2D eigenvalue weighted by Crippen LogP contribution is 2.48. The van der Waals surface area contributed by atoms with Gasteiger partial charge in [0.1, 0.15) is 6.26 Å². The Labute approximate surface area is 210 Å². The van der Waals surface area contributed by atoms with E-state index in [1.807, 2.05) is 31.2 Å². The molecule has 5 heterocycles. The molecule has 2 fully saturated rings. The van der Waals surface area contributed by atoms with Crippen LogP contribution in [0.4, 0.5) is 0 Å². The molecule has 36 heavy (non-hydrogen) atoms. The van der Waals surface area contributed by atoms with Crippen LogP contribution in [0.25, 0.3) is 6.08 Å². The van der Waals surface area contributed by atoms with Gasteiger partial charge in [-0.25, -0.2) is 4.98 Å². The van der Waals surface area contributed by atoms with Crippen LogP contribution in [0.2, 0.25) is 0 Å². The lowest BCUT2D eigenvalue weighted by atomic mass is 9.86. The van der Waals surface area contributed by atoms with E-state index in [9.17, 15) is 14.7 Å². The Hall–Kier alpha value is -2.79. The molecule has 1 amide bonds. The first-order valence-electron chi connectivity index (χ1n) is 12.8. The van der Waals surface area contributed by atoms with Crippen molar-refractivity contribution in [3.8, 4) is 0 Å². The molecule has 0 aliphatic carbocycles. The van der Waals surface area contributed by atoms with Crippen molar-refractivity contribution in [3.05, 3.63) is 58.2 Å². The van der Waals surface area contributed by atoms with E-state index in [0.717, 1.165) is 50.7 Å². The summed E-state index contributed by atoms with van der Waals surface area (Å²) >= 11 is 0. The summed E-state index contributed by atoms with van der Waals surface area (Å²) < 4.78 is 12.4. The molecule has 4 atom stereocenters. The third kappa shape index (κ3) is 4.78. The fourth-order valence-corrected chi connectivity index (χ4v) is 6.02. The molecule has 10 nitrogen and oxygen atoms in total. The third-order valence-corrected chi connectivity index (χ3v) is 7.73. The minimum absolute atomic E-state index is 0.0649. The van der Waals surface area contributed by atoms with Gasteiger partial charge in [-0.2, -0.15) is 0 Å². The minimum Gasteiger partial charge on any atom is -0.451 e. The lowest BCUT2D eigenvalue weighted by Gasteiger charge is -2.37. The van der Waals surface area contributed by atoms with E-state index in [1.54, 1.807) is 10.8 Å². The molecule has 2 aromatic heterocycles. The molecule has 0 spiro atoms. The highest BCUT2D eigenvalue weighted by Gasteiger charge is 2.55.